The van der Waals surface area contributed by atoms with Crippen molar-refractivity contribution in [3.63, 3.8) is 0 Å². The summed E-state index contributed by atoms with van der Waals surface area (Å²) in [7, 11) is 0. The normalized spacial score (nSPS) is 19.3. The van der Waals surface area contributed by atoms with Crippen LogP contribution in [0.4, 0.5) is 4.39 Å². The van der Waals surface area contributed by atoms with Crippen molar-refractivity contribution in [2.75, 3.05) is 6.54 Å². The van der Waals surface area contributed by atoms with Gasteiger partial charge in [0, 0.05) is 0 Å². The van der Waals surface area contributed by atoms with Crippen LogP contribution in [0.15, 0.2) is 24.3 Å². The second-order valence-electron chi connectivity index (χ2n) is 4.25. The van der Waals surface area contributed by atoms with E-state index in [-0.39, 0.29) is 12.1 Å². The molecule has 1 saturated heterocycles. The van der Waals surface area contributed by atoms with E-state index >= 15 is 0 Å². The zero-order valence-corrected chi connectivity index (χ0v) is 10.4. The number of hydrogen-bond donors (Lipinski definition) is 1. The van der Waals surface area contributed by atoms with Gasteiger partial charge in [-0.3, -0.25) is 19.7 Å². The molecule has 1 unspecified atom stereocenters. The van der Waals surface area contributed by atoms with Gasteiger partial charge >= 0.3 is 0 Å². The molecular formula is C13H13FN2O3. The predicted molar refractivity (Wildman–Crippen MR) is 64.7 cm³/mol. The summed E-state index contributed by atoms with van der Waals surface area (Å²) in [4.78, 5) is 36.3. The lowest BCUT2D eigenvalue weighted by Gasteiger charge is -2.33. The van der Waals surface area contributed by atoms with Crippen LogP contribution in [0.1, 0.15) is 23.7 Å². The molecule has 2 rings (SSSR count). The number of carbonyl (C=O) groups excluding carboxylic acids is 3. The molecule has 0 bridgehead atoms. The van der Waals surface area contributed by atoms with E-state index in [1.807, 2.05) is 0 Å². The van der Waals surface area contributed by atoms with Crippen LogP contribution in [0.3, 0.4) is 0 Å². The van der Waals surface area contributed by atoms with Crippen molar-refractivity contribution < 1.29 is 18.8 Å². The van der Waals surface area contributed by atoms with Gasteiger partial charge in [-0.1, -0.05) is 19.1 Å². The summed E-state index contributed by atoms with van der Waals surface area (Å²) >= 11 is 0. The van der Waals surface area contributed by atoms with Crippen LogP contribution in [0, 0.1) is 5.82 Å². The lowest BCUT2D eigenvalue weighted by molar-refractivity contribution is -0.138. The highest BCUT2D eigenvalue weighted by molar-refractivity contribution is 6.07. The molecule has 0 aliphatic carbocycles. The number of benzene rings is 1. The molecule has 1 aromatic rings. The predicted octanol–water partition coefficient (Wildman–Crippen LogP) is 0.703. The topological polar surface area (TPSA) is 66.5 Å². The molecule has 1 aliphatic heterocycles. The van der Waals surface area contributed by atoms with Crippen LogP contribution < -0.4 is 5.32 Å². The molecule has 0 saturated carbocycles. The van der Waals surface area contributed by atoms with E-state index < -0.39 is 29.6 Å². The SMILES string of the molecule is CCC1C(=O)NC(=O)CN1C(=O)c1ccccc1F. The highest BCUT2D eigenvalue weighted by atomic mass is 19.1. The molecule has 1 atom stereocenters. The molecule has 0 aromatic heterocycles. The number of nitrogens with zero attached hydrogens (tertiary/aromatic N) is 1. The average molecular weight is 264 g/mol. The maximum Gasteiger partial charge on any atom is 0.257 e. The zero-order chi connectivity index (χ0) is 14.0. The van der Waals surface area contributed by atoms with E-state index in [9.17, 15) is 18.8 Å². The van der Waals surface area contributed by atoms with Crippen LogP contribution in [0.2, 0.25) is 0 Å². The Morgan fingerprint density at radius 2 is 2.11 bits per heavy atom. The Morgan fingerprint density at radius 3 is 2.74 bits per heavy atom. The zero-order valence-electron chi connectivity index (χ0n) is 10.4. The van der Waals surface area contributed by atoms with E-state index in [0.717, 1.165) is 4.90 Å². The number of piperazine rings is 1. The highest BCUT2D eigenvalue weighted by Gasteiger charge is 2.36. The van der Waals surface area contributed by atoms with Gasteiger partial charge in [0.05, 0.1) is 5.56 Å². The molecule has 1 heterocycles. The van der Waals surface area contributed by atoms with Crippen LogP contribution >= 0.6 is 0 Å². The Hall–Kier alpha value is -2.24. The molecule has 100 valence electrons. The van der Waals surface area contributed by atoms with Gasteiger partial charge in [-0.05, 0) is 18.6 Å². The van der Waals surface area contributed by atoms with Crippen molar-refractivity contribution in [3.8, 4) is 0 Å². The number of amides is 3. The van der Waals surface area contributed by atoms with Crippen molar-refractivity contribution in [1.82, 2.24) is 10.2 Å². The van der Waals surface area contributed by atoms with Gasteiger partial charge in [0.15, 0.2) is 0 Å². The first-order chi connectivity index (χ1) is 9.04. The highest BCUT2D eigenvalue weighted by Crippen LogP contribution is 2.16. The summed E-state index contributed by atoms with van der Waals surface area (Å²) in [6, 6.07) is 4.76. The average Bonchev–Trinajstić information content (AvgIpc) is 2.37. The van der Waals surface area contributed by atoms with Crippen LogP contribution in [0.25, 0.3) is 0 Å². The molecule has 19 heavy (non-hydrogen) atoms. The Kier molecular flexibility index (Phi) is 3.59. The van der Waals surface area contributed by atoms with Gasteiger partial charge in [0.25, 0.3) is 5.91 Å². The van der Waals surface area contributed by atoms with Gasteiger partial charge in [-0.15, -0.1) is 0 Å². The van der Waals surface area contributed by atoms with Crippen LogP contribution in [0.5, 0.6) is 0 Å². The first kappa shape index (κ1) is 13.2. The standard InChI is InChI=1S/C13H13FN2O3/c1-2-10-12(18)15-11(17)7-16(10)13(19)8-5-3-4-6-9(8)14/h3-6,10H,2,7H2,1H3,(H,15,17,18). The summed E-state index contributed by atoms with van der Waals surface area (Å²) in [5, 5.41) is 2.17. The first-order valence-electron chi connectivity index (χ1n) is 5.93. The molecule has 5 nitrogen and oxygen atoms in total. The Balaban J connectivity index is 2.33. The van der Waals surface area contributed by atoms with Gasteiger partial charge in [-0.25, -0.2) is 4.39 Å². The Labute approximate surface area is 109 Å². The second kappa shape index (κ2) is 5.17. The van der Waals surface area contributed by atoms with Crippen molar-refractivity contribution in [3.05, 3.63) is 35.6 Å². The summed E-state index contributed by atoms with van der Waals surface area (Å²) < 4.78 is 13.6. The molecule has 1 N–H and O–H groups in total. The summed E-state index contributed by atoms with van der Waals surface area (Å²) in [5.74, 6) is -2.39. The number of carbonyl (C=O) groups is 3. The van der Waals surface area contributed by atoms with Crippen LogP contribution in [-0.4, -0.2) is 35.2 Å². The monoisotopic (exact) mass is 264 g/mol. The third-order valence-corrected chi connectivity index (χ3v) is 3.01. The molecule has 6 heteroatoms. The van der Waals surface area contributed by atoms with E-state index in [1.165, 1.54) is 24.3 Å². The Morgan fingerprint density at radius 1 is 1.42 bits per heavy atom. The fourth-order valence-electron chi connectivity index (χ4n) is 2.08. The number of rotatable bonds is 2. The number of hydrogen-bond acceptors (Lipinski definition) is 3. The third-order valence-electron chi connectivity index (χ3n) is 3.01. The number of imide groups is 1. The maximum absolute atomic E-state index is 13.6. The summed E-state index contributed by atoms with van der Waals surface area (Å²) in [6.45, 7) is 1.49. The van der Waals surface area contributed by atoms with Gasteiger partial charge in [0.1, 0.15) is 18.4 Å². The molecule has 3 amide bonds. The van der Waals surface area contributed by atoms with Crippen molar-refractivity contribution in [2.24, 2.45) is 0 Å². The fourth-order valence-corrected chi connectivity index (χ4v) is 2.08. The first-order valence-corrected chi connectivity index (χ1v) is 5.93. The minimum absolute atomic E-state index is 0.136. The van der Waals surface area contributed by atoms with E-state index in [1.54, 1.807) is 6.92 Å². The summed E-state index contributed by atoms with van der Waals surface area (Å²) in [6.07, 6.45) is 0.360. The minimum atomic E-state index is -0.746. The van der Waals surface area contributed by atoms with Gasteiger partial charge in [0.2, 0.25) is 11.8 Å². The molecule has 0 spiro atoms. The molecule has 0 radical (unpaired) electrons. The minimum Gasteiger partial charge on any atom is -0.317 e. The van der Waals surface area contributed by atoms with Crippen molar-refractivity contribution in [1.29, 1.82) is 0 Å². The smallest absolute Gasteiger partial charge is 0.257 e. The maximum atomic E-state index is 13.6. The van der Waals surface area contributed by atoms with E-state index in [0.29, 0.717) is 6.42 Å². The van der Waals surface area contributed by atoms with Crippen molar-refractivity contribution >= 4 is 17.7 Å². The molecule has 1 aliphatic rings. The van der Waals surface area contributed by atoms with Crippen LogP contribution in [-0.2, 0) is 9.59 Å². The molecule has 1 fully saturated rings. The quantitative estimate of drug-likeness (QED) is 0.800. The van der Waals surface area contributed by atoms with Crippen molar-refractivity contribution in [2.45, 2.75) is 19.4 Å². The lowest BCUT2D eigenvalue weighted by atomic mass is 10.1. The Bertz CT molecular complexity index is 544. The molecular weight excluding hydrogens is 251 g/mol. The van der Waals surface area contributed by atoms with E-state index in [4.69, 9.17) is 0 Å². The number of nitrogens with one attached hydrogen (secondary N) is 1. The third kappa shape index (κ3) is 2.47. The molecule has 1 aromatic carbocycles. The second-order valence-corrected chi connectivity index (χ2v) is 4.25. The van der Waals surface area contributed by atoms with Gasteiger partial charge < -0.3 is 4.90 Å². The lowest BCUT2D eigenvalue weighted by Crippen LogP contribution is -2.59. The summed E-state index contributed by atoms with van der Waals surface area (Å²) in [5.41, 5.74) is -0.136. The number of halogens is 1. The van der Waals surface area contributed by atoms with E-state index in [2.05, 4.69) is 5.32 Å². The fraction of sp³-hybridized carbons (Fsp3) is 0.308. The largest absolute Gasteiger partial charge is 0.317 e. The van der Waals surface area contributed by atoms with Gasteiger partial charge in [-0.2, -0.15) is 0 Å².